The van der Waals surface area contributed by atoms with Crippen molar-refractivity contribution in [3.8, 4) is 0 Å². The minimum Gasteiger partial charge on any atom is -0.372 e. The smallest absolute Gasteiger partial charge is 0.280 e. The van der Waals surface area contributed by atoms with Crippen LogP contribution in [0.5, 0.6) is 0 Å². The van der Waals surface area contributed by atoms with Crippen LogP contribution in [0.15, 0.2) is 91.0 Å². The Morgan fingerprint density at radius 2 is 1.24 bits per heavy atom. The van der Waals surface area contributed by atoms with Crippen molar-refractivity contribution < 1.29 is 14.7 Å². The van der Waals surface area contributed by atoms with Gasteiger partial charge >= 0.3 is 0 Å². The highest BCUT2D eigenvalue weighted by molar-refractivity contribution is 5.99. The average Bonchev–Trinajstić information content (AvgIpc) is 2.88. The second-order valence-electron chi connectivity index (χ2n) is 8.11. The lowest BCUT2D eigenvalue weighted by Crippen LogP contribution is -2.54. The molecule has 3 aromatic carbocycles. The minimum atomic E-state index is -1.96. The lowest BCUT2D eigenvalue weighted by Gasteiger charge is -2.32. The third-order valence-electron chi connectivity index (χ3n) is 5.68. The van der Waals surface area contributed by atoms with Crippen LogP contribution in [-0.2, 0) is 15.2 Å². The predicted molar refractivity (Wildman–Crippen MR) is 131 cm³/mol. The number of hydrogen-bond acceptors (Lipinski definition) is 3. The number of rotatable bonds is 10. The first-order valence-electron chi connectivity index (χ1n) is 11.6. The van der Waals surface area contributed by atoms with E-state index in [1.165, 1.54) is 5.01 Å². The largest absolute Gasteiger partial charge is 0.372 e. The van der Waals surface area contributed by atoms with Gasteiger partial charge in [-0.25, -0.2) is 5.01 Å². The Kier molecular flexibility index (Phi) is 8.79. The van der Waals surface area contributed by atoms with E-state index in [1.807, 2.05) is 30.3 Å². The number of anilines is 1. The lowest BCUT2D eigenvalue weighted by molar-refractivity contribution is -0.138. The summed E-state index contributed by atoms with van der Waals surface area (Å²) in [7, 11) is 0. The highest BCUT2D eigenvalue weighted by atomic mass is 16.3. The Bertz CT molecular complexity index is 968. The van der Waals surface area contributed by atoms with E-state index in [0.29, 0.717) is 23.2 Å². The molecule has 2 amide bonds. The van der Waals surface area contributed by atoms with Crippen molar-refractivity contribution in [1.29, 1.82) is 0 Å². The summed E-state index contributed by atoms with van der Waals surface area (Å²) in [4.78, 5) is 26.8. The van der Waals surface area contributed by atoms with Crippen molar-refractivity contribution >= 4 is 17.5 Å². The van der Waals surface area contributed by atoms with Crippen molar-refractivity contribution in [2.24, 2.45) is 0 Å². The summed E-state index contributed by atoms with van der Waals surface area (Å²) in [5, 5.41) is 13.0. The maximum absolute atomic E-state index is 13.6. The quantitative estimate of drug-likeness (QED) is 0.327. The van der Waals surface area contributed by atoms with E-state index in [0.717, 1.165) is 32.1 Å². The van der Waals surface area contributed by atoms with Crippen LogP contribution in [0.25, 0.3) is 0 Å². The summed E-state index contributed by atoms with van der Waals surface area (Å²) < 4.78 is 0. The molecule has 0 fully saturated rings. The summed E-state index contributed by atoms with van der Waals surface area (Å²) in [6.45, 7) is 2.15. The molecule has 0 radical (unpaired) electrons. The molecule has 0 spiro atoms. The molecule has 5 heteroatoms. The molecule has 0 aliphatic carbocycles. The number of nitrogens with zero attached hydrogens (tertiary/aromatic N) is 1. The molecule has 5 nitrogen and oxygen atoms in total. The third kappa shape index (κ3) is 6.08. The molecule has 0 saturated carbocycles. The van der Waals surface area contributed by atoms with Gasteiger partial charge in [0.2, 0.25) is 5.91 Å². The van der Waals surface area contributed by atoms with Crippen LogP contribution in [0, 0.1) is 0 Å². The standard InChI is InChI=1S/C28H32N2O3/c1-2-3-4-5-15-22-26(31)30(25-20-13-8-14-21-25)29-27(32)28(33,23-16-9-6-10-17-23)24-18-11-7-12-19-24/h6-14,16-21,33H,2-5,15,22H2,1H3,(H,29,32). The maximum Gasteiger partial charge on any atom is 0.280 e. The van der Waals surface area contributed by atoms with Crippen LogP contribution in [0.2, 0.25) is 0 Å². The predicted octanol–water partition coefficient (Wildman–Crippen LogP) is 5.35. The summed E-state index contributed by atoms with van der Waals surface area (Å²) >= 11 is 0. The van der Waals surface area contributed by atoms with Crippen LogP contribution < -0.4 is 10.4 Å². The summed E-state index contributed by atoms with van der Waals surface area (Å²) in [5.41, 5.74) is 2.15. The highest BCUT2D eigenvalue weighted by Crippen LogP contribution is 2.30. The molecule has 3 aromatic rings. The van der Waals surface area contributed by atoms with Gasteiger partial charge in [-0.15, -0.1) is 0 Å². The van der Waals surface area contributed by atoms with Crippen LogP contribution in [0.3, 0.4) is 0 Å². The molecule has 0 unspecified atom stereocenters. The Hall–Kier alpha value is -3.44. The van der Waals surface area contributed by atoms with Gasteiger partial charge in [-0.1, -0.05) is 111 Å². The minimum absolute atomic E-state index is 0.213. The van der Waals surface area contributed by atoms with E-state index in [9.17, 15) is 14.7 Å². The van der Waals surface area contributed by atoms with E-state index in [1.54, 1.807) is 60.7 Å². The number of carbonyl (C=O) groups is 2. The van der Waals surface area contributed by atoms with Crippen LogP contribution in [0.1, 0.15) is 56.6 Å². The summed E-state index contributed by atoms with van der Waals surface area (Å²) in [6.07, 6.45) is 5.40. The zero-order chi connectivity index (χ0) is 23.5. The molecule has 0 atom stereocenters. The highest BCUT2D eigenvalue weighted by Gasteiger charge is 2.41. The van der Waals surface area contributed by atoms with E-state index >= 15 is 0 Å². The molecule has 0 aliphatic heterocycles. The van der Waals surface area contributed by atoms with E-state index in [4.69, 9.17) is 0 Å². The molecule has 0 aromatic heterocycles. The second-order valence-corrected chi connectivity index (χ2v) is 8.11. The van der Waals surface area contributed by atoms with E-state index in [-0.39, 0.29) is 5.91 Å². The van der Waals surface area contributed by atoms with Gasteiger partial charge < -0.3 is 5.11 Å². The number of nitrogens with one attached hydrogen (secondary N) is 1. The van der Waals surface area contributed by atoms with E-state index < -0.39 is 11.5 Å². The summed E-state index contributed by atoms with van der Waals surface area (Å²) in [6, 6.07) is 26.5. The Morgan fingerprint density at radius 1 is 0.758 bits per heavy atom. The second kappa shape index (κ2) is 12.0. The van der Waals surface area contributed by atoms with Crippen molar-refractivity contribution in [2.75, 3.05) is 5.01 Å². The maximum atomic E-state index is 13.6. The van der Waals surface area contributed by atoms with Crippen LogP contribution in [-0.4, -0.2) is 16.9 Å². The van der Waals surface area contributed by atoms with Gasteiger partial charge in [0, 0.05) is 6.42 Å². The Morgan fingerprint density at radius 3 is 1.76 bits per heavy atom. The Balaban J connectivity index is 1.88. The molecular weight excluding hydrogens is 412 g/mol. The molecule has 0 aliphatic rings. The van der Waals surface area contributed by atoms with Gasteiger partial charge in [0.1, 0.15) is 0 Å². The van der Waals surface area contributed by atoms with Gasteiger partial charge in [0.05, 0.1) is 5.69 Å². The third-order valence-corrected chi connectivity index (χ3v) is 5.68. The molecule has 2 N–H and O–H groups in total. The van der Waals surface area contributed by atoms with Gasteiger partial charge in [0.25, 0.3) is 5.91 Å². The molecule has 0 heterocycles. The number of carbonyl (C=O) groups excluding carboxylic acids is 2. The number of hydrazine groups is 1. The fraction of sp³-hybridized carbons (Fsp3) is 0.286. The van der Waals surface area contributed by atoms with Gasteiger partial charge in [-0.05, 0) is 29.7 Å². The SMILES string of the molecule is CCCCCCCC(=O)N(NC(=O)C(O)(c1ccccc1)c1ccccc1)c1ccccc1. The Labute approximate surface area is 196 Å². The molecule has 3 rings (SSSR count). The number of unbranched alkanes of at least 4 members (excludes halogenated alkanes) is 4. The first kappa shape index (κ1) is 24.2. The first-order chi connectivity index (χ1) is 16.1. The molecule has 33 heavy (non-hydrogen) atoms. The fourth-order valence-corrected chi connectivity index (χ4v) is 3.81. The number of aliphatic hydroxyl groups is 1. The van der Waals surface area contributed by atoms with Crippen molar-refractivity contribution in [3.05, 3.63) is 102 Å². The number of benzene rings is 3. The zero-order valence-corrected chi connectivity index (χ0v) is 19.1. The molecule has 0 bridgehead atoms. The zero-order valence-electron chi connectivity index (χ0n) is 19.1. The van der Waals surface area contributed by atoms with Crippen LogP contribution >= 0.6 is 0 Å². The van der Waals surface area contributed by atoms with Gasteiger partial charge in [-0.2, -0.15) is 0 Å². The number of para-hydroxylation sites is 1. The van der Waals surface area contributed by atoms with Crippen LogP contribution in [0.4, 0.5) is 5.69 Å². The number of hydrogen-bond donors (Lipinski definition) is 2. The van der Waals surface area contributed by atoms with Crippen molar-refractivity contribution in [1.82, 2.24) is 5.43 Å². The topological polar surface area (TPSA) is 69.6 Å². The summed E-state index contributed by atoms with van der Waals surface area (Å²) in [5.74, 6) is -0.905. The first-order valence-corrected chi connectivity index (χ1v) is 11.6. The normalized spacial score (nSPS) is 11.1. The molecule has 0 saturated heterocycles. The monoisotopic (exact) mass is 444 g/mol. The van der Waals surface area contributed by atoms with Crippen molar-refractivity contribution in [3.63, 3.8) is 0 Å². The molecule has 172 valence electrons. The fourth-order valence-electron chi connectivity index (χ4n) is 3.81. The average molecular weight is 445 g/mol. The van der Waals surface area contributed by atoms with E-state index in [2.05, 4.69) is 12.3 Å². The van der Waals surface area contributed by atoms with Crippen molar-refractivity contribution in [2.45, 2.75) is 51.0 Å². The lowest BCUT2D eigenvalue weighted by atomic mass is 9.85. The molecular formula is C28H32N2O3. The number of amides is 2. The van der Waals surface area contributed by atoms with Gasteiger partial charge in [-0.3, -0.25) is 15.0 Å². The van der Waals surface area contributed by atoms with Gasteiger partial charge in [0.15, 0.2) is 5.60 Å².